The van der Waals surface area contributed by atoms with Crippen LogP contribution in [0.2, 0.25) is 4.34 Å². The number of hydrogen-bond donors (Lipinski definition) is 1. The summed E-state index contributed by atoms with van der Waals surface area (Å²) in [6.45, 7) is 5.16. The zero-order valence-corrected chi connectivity index (χ0v) is 13.5. The lowest BCUT2D eigenvalue weighted by Crippen LogP contribution is -2.21. The van der Waals surface area contributed by atoms with Crippen LogP contribution in [0.25, 0.3) is 0 Å². The minimum Gasteiger partial charge on any atom is -0.306 e. The third kappa shape index (κ3) is 3.15. The number of halogens is 2. The lowest BCUT2D eigenvalue weighted by molar-refractivity contribution is 0.639. The van der Waals surface area contributed by atoms with Gasteiger partial charge in [0, 0.05) is 9.35 Å². The van der Waals surface area contributed by atoms with Gasteiger partial charge in [0.1, 0.15) is 4.34 Å². The fourth-order valence-electron chi connectivity index (χ4n) is 1.94. The van der Waals surface area contributed by atoms with E-state index in [-0.39, 0.29) is 6.04 Å². The van der Waals surface area contributed by atoms with Gasteiger partial charge in [0.05, 0.1) is 6.04 Å². The van der Waals surface area contributed by atoms with Gasteiger partial charge >= 0.3 is 0 Å². The van der Waals surface area contributed by atoms with Gasteiger partial charge in [-0.1, -0.05) is 48.4 Å². The summed E-state index contributed by atoms with van der Waals surface area (Å²) >= 11 is 11.2. The van der Waals surface area contributed by atoms with E-state index in [1.54, 1.807) is 11.3 Å². The first-order chi connectivity index (χ1) is 8.61. The van der Waals surface area contributed by atoms with Crippen molar-refractivity contribution in [1.82, 2.24) is 5.32 Å². The van der Waals surface area contributed by atoms with Crippen molar-refractivity contribution in [2.75, 3.05) is 6.54 Å². The minimum absolute atomic E-state index is 0.212. The molecule has 0 aliphatic rings. The Morgan fingerprint density at radius 2 is 2.17 bits per heavy atom. The van der Waals surface area contributed by atoms with Crippen LogP contribution in [0.15, 0.2) is 34.8 Å². The molecule has 2 aromatic rings. The van der Waals surface area contributed by atoms with Crippen LogP contribution in [-0.4, -0.2) is 6.54 Å². The molecule has 0 fully saturated rings. The number of aryl methyl sites for hydroxylation is 1. The predicted octanol–water partition coefficient (Wildman–Crippen LogP) is 5.17. The number of nitrogens with one attached hydrogen (secondary N) is 1. The predicted molar refractivity (Wildman–Crippen MR) is 83.7 cm³/mol. The second-order valence-corrected chi connectivity index (χ2v) is 6.72. The van der Waals surface area contributed by atoms with Gasteiger partial charge in [0.15, 0.2) is 0 Å². The quantitative estimate of drug-likeness (QED) is 0.806. The van der Waals surface area contributed by atoms with Gasteiger partial charge in [0.25, 0.3) is 0 Å². The molecule has 1 heterocycles. The Labute approximate surface area is 125 Å². The molecule has 0 amide bonds. The Morgan fingerprint density at radius 3 is 2.72 bits per heavy atom. The molecule has 1 unspecified atom stereocenters. The SMILES string of the molecule is CCNC(c1cccc(C)c1)c1cc(Br)c(Cl)s1. The third-order valence-electron chi connectivity index (χ3n) is 2.73. The molecule has 1 nitrogen and oxygen atoms in total. The number of hydrogen-bond acceptors (Lipinski definition) is 2. The van der Waals surface area contributed by atoms with E-state index in [0.29, 0.717) is 0 Å². The first kappa shape index (κ1) is 14.1. The summed E-state index contributed by atoms with van der Waals surface area (Å²) in [5.74, 6) is 0. The van der Waals surface area contributed by atoms with Crippen LogP contribution in [0.3, 0.4) is 0 Å². The standard InChI is InChI=1S/C14H15BrClNS/c1-3-17-13(10-6-4-5-9(2)7-10)12-8-11(15)14(16)18-12/h4-8,13,17H,3H2,1-2H3. The fraction of sp³-hybridized carbons (Fsp3) is 0.286. The van der Waals surface area contributed by atoms with Gasteiger partial charge < -0.3 is 5.32 Å². The maximum absolute atomic E-state index is 6.14. The summed E-state index contributed by atoms with van der Waals surface area (Å²) in [4.78, 5) is 1.24. The van der Waals surface area contributed by atoms with Crippen molar-refractivity contribution in [3.63, 3.8) is 0 Å². The van der Waals surface area contributed by atoms with E-state index in [0.717, 1.165) is 15.4 Å². The highest BCUT2D eigenvalue weighted by Crippen LogP contribution is 2.37. The van der Waals surface area contributed by atoms with Crippen molar-refractivity contribution < 1.29 is 0 Å². The highest BCUT2D eigenvalue weighted by atomic mass is 79.9. The molecule has 0 bridgehead atoms. The van der Waals surface area contributed by atoms with Crippen LogP contribution in [0, 0.1) is 6.92 Å². The van der Waals surface area contributed by atoms with Gasteiger partial charge in [0.2, 0.25) is 0 Å². The summed E-state index contributed by atoms with van der Waals surface area (Å²) in [6.07, 6.45) is 0. The number of benzene rings is 1. The molecule has 0 spiro atoms. The molecular formula is C14H15BrClNS. The van der Waals surface area contributed by atoms with Crippen molar-refractivity contribution in [2.24, 2.45) is 0 Å². The molecule has 1 aromatic carbocycles. The van der Waals surface area contributed by atoms with E-state index in [9.17, 15) is 0 Å². The smallest absolute Gasteiger partial charge is 0.107 e. The molecule has 0 aliphatic heterocycles. The number of rotatable bonds is 4. The van der Waals surface area contributed by atoms with Gasteiger partial charge in [-0.2, -0.15) is 0 Å². The van der Waals surface area contributed by atoms with Gasteiger partial charge in [-0.3, -0.25) is 0 Å². The van der Waals surface area contributed by atoms with E-state index in [1.165, 1.54) is 16.0 Å². The van der Waals surface area contributed by atoms with Crippen LogP contribution >= 0.6 is 38.9 Å². The summed E-state index contributed by atoms with van der Waals surface area (Å²) in [5, 5.41) is 3.51. The van der Waals surface area contributed by atoms with Gasteiger partial charge in [-0.15, -0.1) is 11.3 Å². The van der Waals surface area contributed by atoms with Crippen molar-refractivity contribution in [2.45, 2.75) is 19.9 Å². The summed E-state index contributed by atoms with van der Waals surface area (Å²) in [5.41, 5.74) is 2.55. The average Bonchev–Trinajstić information content (AvgIpc) is 2.66. The first-order valence-electron chi connectivity index (χ1n) is 5.86. The Balaban J connectivity index is 2.39. The van der Waals surface area contributed by atoms with Crippen molar-refractivity contribution >= 4 is 38.9 Å². The molecule has 1 N–H and O–H groups in total. The Hall–Kier alpha value is -0.350. The zero-order chi connectivity index (χ0) is 13.1. The molecular weight excluding hydrogens is 330 g/mol. The largest absolute Gasteiger partial charge is 0.306 e. The highest BCUT2D eigenvalue weighted by molar-refractivity contribution is 9.10. The van der Waals surface area contributed by atoms with E-state index < -0.39 is 0 Å². The molecule has 2 rings (SSSR count). The number of thiophene rings is 1. The summed E-state index contributed by atoms with van der Waals surface area (Å²) < 4.78 is 1.78. The molecule has 0 saturated carbocycles. The van der Waals surface area contributed by atoms with Crippen LogP contribution in [0.5, 0.6) is 0 Å². The molecule has 18 heavy (non-hydrogen) atoms. The van der Waals surface area contributed by atoms with E-state index in [4.69, 9.17) is 11.6 Å². The Bertz CT molecular complexity index is 519. The maximum Gasteiger partial charge on any atom is 0.107 e. The van der Waals surface area contributed by atoms with E-state index >= 15 is 0 Å². The molecule has 4 heteroatoms. The van der Waals surface area contributed by atoms with Gasteiger partial charge in [-0.25, -0.2) is 0 Å². The molecule has 1 atom stereocenters. The van der Waals surface area contributed by atoms with Crippen molar-refractivity contribution in [1.29, 1.82) is 0 Å². The normalized spacial score (nSPS) is 12.7. The van der Waals surface area contributed by atoms with Gasteiger partial charge in [-0.05, 0) is 41.0 Å². The fourth-order valence-corrected chi connectivity index (χ4v) is 3.78. The maximum atomic E-state index is 6.14. The lowest BCUT2D eigenvalue weighted by Gasteiger charge is -2.17. The van der Waals surface area contributed by atoms with E-state index in [1.807, 2.05) is 0 Å². The molecule has 96 valence electrons. The molecule has 0 radical (unpaired) electrons. The molecule has 0 saturated heterocycles. The van der Waals surface area contributed by atoms with Crippen molar-refractivity contribution in [3.8, 4) is 0 Å². The summed E-state index contributed by atoms with van der Waals surface area (Å²) in [6, 6.07) is 10.9. The second kappa shape index (κ2) is 6.20. The monoisotopic (exact) mass is 343 g/mol. The molecule has 0 aliphatic carbocycles. The van der Waals surface area contributed by atoms with Crippen LogP contribution in [0.4, 0.5) is 0 Å². The van der Waals surface area contributed by atoms with Crippen LogP contribution in [-0.2, 0) is 0 Å². The Kier molecular flexibility index (Phi) is 4.84. The highest BCUT2D eigenvalue weighted by Gasteiger charge is 2.17. The average molecular weight is 345 g/mol. The molecule has 1 aromatic heterocycles. The van der Waals surface area contributed by atoms with Crippen molar-refractivity contribution in [3.05, 3.63) is 55.1 Å². The van der Waals surface area contributed by atoms with Crippen LogP contribution in [0.1, 0.15) is 29.0 Å². The van der Waals surface area contributed by atoms with E-state index in [2.05, 4.69) is 65.4 Å². The minimum atomic E-state index is 0.212. The lowest BCUT2D eigenvalue weighted by atomic mass is 10.0. The topological polar surface area (TPSA) is 12.0 Å². The summed E-state index contributed by atoms with van der Waals surface area (Å²) in [7, 11) is 0. The Morgan fingerprint density at radius 1 is 1.39 bits per heavy atom. The third-order valence-corrected chi connectivity index (χ3v) is 5.27. The second-order valence-electron chi connectivity index (χ2n) is 4.18. The zero-order valence-electron chi connectivity index (χ0n) is 10.3. The van der Waals surface area contributed by atoms with Crippen LogP contribution < -0.4 is 5.32 Å². The first-order valence-corrected chi connectivity index (χ1v) is 7.85.